The van der Waals surface area contributed by atoms with Crippen LogP contribution in [0.4, 0.5) is 4.79 Å². The van der Waals surface area contributed by atoms with Crippen LogP contribution in [0.2, 0.25) is 0 Å². The van der Waals surface area contributed by atoms with Crippen molar-refractivity contribution in [2.45, 2.75) is 77.2 Å². The molecule has 4 rings (SSSR count). The summed E-state index contributed by atoms with van der Waals surface area (Å²) < 4.78 is 27.6. The lowest BCUT2D eigenvalue weighted by atomic mass is 9.83. The molecule has 4 atom stereocenters. The number of amides is 1. The maximum absolute atomic E-state index is 13.5. The molecule has 1 aromatic rings. The molecule has 0 aromatic heterocycles. The van der Waals surface area contributed by atoms with Gasteiger partial charge in [0.1, 0.15) is 18.2 Å². The molecule has 0 radical (unpaired) electrons. The van der Waals surface area contributed by atoms with Crippen LogP contribution in [0.25, 0.3) is 0 Å². The fourth-order valence-corrected chi connectivity index (χ4v) is 5.51. The molecule has 10 nitrogen and oxygen atoms in total. The van der Waals surface area contributed by atoms with E-state index in [-0.39, 0.29) is 30.8 Å². The third-order valence-corrected chi connectivity index (χ3v) is 7.50. The van der Waals surface area contributed by atoms with Crippen LogP contribution in [0.5, 0.6) is 0 Å². The van der Waals surface area contributed by atoms with Gasteiger partial charge in [-0.15, -0.1) is 0 Å². The van der Waals surface area contributed by atoms with E-state index in [0.717, 1.165) is 31.2 Å². The van der Waals surface area contributed by atoms with Crippen LogP contribution >= 0.6 is 0 Å². The molecule has 1 heterocycles. The zero-order valence-corrected chi connectivity index (χ0v) is 24.1. The summed E-state index contributed by atoms with van der Waals surface area (Å²) in [6.45, 7) is 5.19. The van der Waals surface area contributed by atoms with E-state index in [0.29, 0.717) is 17.6 Å². The second-order valence-corrected chi connectivity index (χ2v) is 11.6. The first kappa shape index (κ1) is 30.1. The van der Waals surface area contributed by atoms with Crippen LogP contribution in [0, 0.1) is 17.8 Å². The number of alkyl carbamates (subject to hydrolysis) is 1. The number of ether oxygens (including phenoxy) is 5. The average Bonchev–Trinajstić information content (AvgIpc) is 3.62. The molecule has 1 fully saturated rings. The number of methoxy groups -OCH3 is 1. The first-order valence-corrected chi connectivity index (χ1v) is 14.1. The Hall–Kier alpha value is -3.82. The van der Waals surface area contributed by atoms with Gasteiger partial charge >= 0.3 is 24.0 Å². The van der Waals surface area contributed by atoms with E-state index in [2.05, 4.69) is 5.32 Å². The molecule has 0 spiro atoms. The Morgan fingerprint density at radius 2 is 1.78 bits per heavy atom. The van der Waals surface area contributed by atoms with Gasteiger partial charge in [0.2, 0.25) is 0 Å². The zero-order chi connectivity index (χ0) is 29.6. The first-order valence-electron chi connectivity index (χ1n) is 14.1. The van der Waals surface area contributed by atoms with Gasteiger partial charge in [-0.1, -0.05) is 49.2 Å². The molecular formula is C31H39NO9. The predicted molar refractivity (Wildman–Crippen MR) is 147 cm³/mol. The highest BCUT2D eigenvalue weighted by Gasteiger charge is 2.47. The fourth-order valence-electron chi connectivity index (χ4n) is 5.51. The number of hydrogen-bond acceptors (Lipinski definition) is 9. The number of carbonyl (C=O) groups excluding carboxylic acids is 4. The van der Waals surface area contributed by atoms with E-state index in [1.165, 1.54) is 13.4 Å². The Morgan fingerprint density at radius 3 is 2.44 bits per heavy atom. The molecule has 1 aromatic carbocycles. The maximum Gasteiger partial charge on any atom is 0.408 e. The number of carbonyl (C=O) groups is 4. The third-order valence-electron chi connectivity index (χ3n) is 7.50. The third kappa shape index (κ3) is 7.89. The topological polar surface area (TPSA) is 126 Å². The normalized spacial score (nSPS) is 22.8. The second-order valence-electron chi connectivity index (χ2n) is 11.6. The van der Waals surface area contributed by atoms with E-state index in [9.17, 15) is 19.2 Å². The van der Waals surface area contributed by atoms with Crippen LogP contribution in [0.1, 0.15) is 58.4 Å². The monoisotopic (exact) mass is 569 g/mol. The molecule has 0 saturated heterocycles. The molecule has 0 unspecified atom stereocenters. The van der Waals surface area contributed by atoms with Crippen LogP contribution in [-0.4, -0.2) is 55.7 Å². The first-order chi connectivity index (χ1) is 19.6. The van der Waals surface area contributed by atoms with E-state index in [4.69, 9.17) is 23.7 Å². The highest BCUT2D eigenvalue weighted by atomic mass is 16.7. The van der Waals surface area contributed by atoms with Crippen molar-refractivity contribution in [3.05, 3.63) is 59.4 Å². The highest BCUT2D eigenvalue weighted by molar-refractivity contribution is 5.89. The molecule has 222 valence electrons. The van der Waals surface area contributed by atoms with Crippen molar-refractivity contribution in [2.75, 3.05) is 13.7 Å². The van der Waals surface area contributed by atoms with Gasteiger partial charge in [0, 0.05) is 12.3 Å². The fraction of sp³-hybridized carbons (Fsp3) is 0.548. The molecule has 1 saturated carbocycles. The maximum atomic E-state index is 13.5. The summed E-state index contributed by atoms with van der Waals surface area (Å²) in [6.07, 6.45) is 5.55. The van der Waals surface area contributed by atoms with Gasteiger partial charge in [-0.25, -0.2) is 14.4 Å². The van der Waals surface area contributed by atoms with Gasteiger partial charge in [-0.3, -0.25) is 4.79 Å². The minimum Gasteiger partial charge on any atom is -0.466 e. The van der Waals surface area contributed by atoms with E-state index >= 15 is 0 Å². The van der Waals surface area contributed by atoms with Crippen molar-refractivity contribution >= 4 is 24.0 Å². The van der Waals surface area contributed by atoms with E-state index in [1.807, 2.05) is 36.4 Å². The molecule has 3 aliphatic rings. The van der Waals surface area contributed by atoms with E-state index < -0.39 is 41.9 Å². The summed E-state index contributed by atoms with van der Waals surface area (Å²) in [5.41, 5.74) is 1.06. The van der Waals surface area contributed by atoms with Crippen molar-refractivity contribution < 1.29 is 42.9 Å². The van der Waals surface area contributed by atoms with Gasteiger partial charge in [0.15, 0.2) is 0 Å². The van der Waals surface area contributed by atoms with Crippen molar-refractivity contribution in [1.82, 2.24) is 5.32 Å². The predicted octanol–water partition coefficient (Wildman–Crippen LogP) is 4.37. The summed E-state index contributed by atoms with van der Waals surface area (Å²) in [6, 6.07) is 8.13. The molecular weight excluding hydrogens is 530 g/mol. The lowest BCUT2D eigenvalue weighted by Gasteiger charge is -2.35. The number of fused-ring (bicyclic) bond motifs is 1. The summed E-state index contributed by atoms with van der Waals surface area (Å²) >= 11 is 0. The van der Waals surface area contributed by atoms with Gasteiger partial charge in [0.25, 0.3) is 6.29 Å². The summed E-state index contributed by atoms with van der Waals surface area (Å²) in [4.78, 5) is 51.2. The number of hydrogen-bond donors (Lipinski definition) is 1. The lowest BCUT2D eigenvalue weighted by Crippen LogP contribution is -2.48. The molecule has 0 bridgehead atoms. The highest BCUT2D eigenvalue weighted by Crippen LogP contribution is 2.44. The van der Waals surface area contributed by atoms with Gasteiger partial charge in [0.05, 0.1) is 30.8 Å². The molecule has 1 aliphatic heterocycles. The minimum atomic E-state index is -1.11. The Kier molecular flexibility index (Phi) is 9.73. The average molecular weight is 570 g/mol. The van der Waals surface area contributed by atoms with Gasteiger partial charge in [-0.05, 0) is 51.2 Å². The Morgan fingerprint density at radius 1 is 1.07 bits per heavy atom. The largest absolute Gasteiger partial charge is 0.466 e. The summed E-state index contributed by atoms with van der Waals surface area (Å²) in [5, 5.41) is 2.63. The Bertz CT molecular complexity index is 1180. The Labute approximate surface area is 240 Å². The van der Waals surface area contributed by atoms with Gasteiger partial charge < -0.3 is 29.0 Å². The molecule has 10 heteroatoms. The number of esters is 3. The second kappa shape index (κ2) is 13.2. The number of nitrogens with one attached hydrogen (secondary N) is 1. The van der Waals surface area contributed by atoms with Crippen LogP contribution in [0.15, 0.2) is 53.8 Å². The SMILES string of the molecule is COC(=O)C1=CO[C@@H](OC(=O)[C@H](Cc2ccccc2)NC(=O)OC(C)(C)C)[C@@H]2C(COC(=O)C3CCCC3)=CC[C@H]12. The smallest absolute Gasteiger partial charge is 0.408 e. The quantitative estimate of drug-likeness (QED) is 0.262. The van der Waals surface area contributed by atoms with Crippen LogP contribution in [0.3, 0.4) is 0 Å². The van der Waals surface area contributed by atoms with Crippen LogP contribution in [-0.2, 0) is 44.5 Å². The van der Waals surface area contributed by atoms with Crippen LogP contribution < -0.4 is 5.32 Å². The Balaban J connectivity index is 1.51. The number of benzene rings is 1. The molecule has 41 heavy (non-hydrogen) atoms. The van der Waals surface area contributed by atoms with E-state index in [1.54, 1.807) is 20.8 Å². The minimum absolute atomic E-state index is 0.00592. The molecule has 1 amide bonds. The van der Waals surface area contributed by atoms with Crippen molar-refractivity contribution in [2.24, 2.45) is 17.8 Å². The lowest BCUT2D eigenvalue weighted by molar-refractivity contribution is -0.185. The molecule has 1 N–H and O–H groups in total. The zero-order valence-electron chi connectivity index (χ0n) is 24.1. The number of rotatable bonds is 9. The van der Waals surface area contributed by atoms with Crippen molar-refractivity contribution in [3.63, 3.8) is 0 Å². The molecule has 2 aliphatic carbocycles. The number of allylic oxidation sites excluding steroid dienone is 1. The summed E-state index contributed by atoms with van der Waals surface area (Å²) in [7, 11) is 1.29. The summed E-state index contributed by atoms with van der Waals surface area (Å²) in [5.74, 6) is -2.59. The standard InChI is InChI=1S/C31H39NO9/c1-31(2,3)41-30(36)32-24(16-19-10-6-5-7-11-19)28(35)40-29-25-21(17-38-26(33)20-12-8-9-13-20)14-15-22(25)23(18-39-29)27(34)37-4/h5-7,10-11,14,18,20,22,24-25,29H,8-9,12-13,15-17H2,1-4H3,(H,32,36)/t22-,24+,25-,29+/m1/s1. The van der Waals surface area contributed by atoms with Crippen molar-refractivity contribution in [3.8, 4) is 0 Å². The van der Waals surface area contributed by atoms with Gasteiger partial charge in [-0.2, -0.15) is 0 Å². The van der Waals surface area contributed by atoms with Crippen molar-refractivity contribution in [1.29, 1.82) is 0 Å².